The summed E-state index contributed by atoms with van der Waals surface area (Å²) in [6.45, 7) is 5.92. The number of hydrogen-bond acceptors (Lipinski definition) is 6. The Hall–Kier alpha value is -4.05. The quantitative estimate of drug-likeness (QED) is 0.281. The molecular weight excluding hydrogens is 542 g/mol. The molecule has 0 heterocycles. The van der Waals surface area contributed by atoms with Crippen molar-refractivity contribution in [2.24, 2.45) is 0 Å². The number of methoxy groups -OCH3 is 1. The molecule has 0 aliphatic heterocycles. The lowest BCUT2D eigenvalue weighted by atomic mass is 10.1. The largest absolute Gasteiger partial charge is 0.497 e. The van der Waals surface area contributed by atoms with E-state index >= 15 is 0 Å². The van der Waals surface area contributed by atoms with Crippen molar-refractivity contribution in [3.8, 4) is 11.5 Å². The number of nitrogens with zero attached hydrogens (tertiary/aromatic N) is 2. The van der Waals surface area contributed by atoms with Crippen molar-refractivity contribution < 1.29 is 27.5 Å². The van der Waals surface area contributed by atoms with Gasteiger partial charge in [0.2, 0.25) is 11.8 Å². The lowest BCUT2D eigenvalue weighted by molar-refractivity contribution is -0.140. The Balaban J connectivity index is 2.08. The van der Waals surface area contributed by atoms with E-state index in [1.165, 1.54) is 17.0 Å². The van der Waals surface area contributed by atoms with Crippen molar-refractivity contribution in [3.05, 3.63) is 84.4 Å². The van der Waals surface area contributed by atoms with Gasteiger partial charge in [0.05, 0.1) is 24.3 Å². The molecule has 220 valence electrons. The smallest absolute Gasteiger partial charge is 0.264 e. The minimum Gasteiger partial charge on any atom is -0.497 e. The van der Waals surface area contributed by atoms with Crippen LogP contribution in [0, 0.1) is 0 Å². The van der Waals surface area contributed by atoms with Crippen LogP contribution in [0.2, 0.25) is 0 Å². The number of nitrogens with one attached hydrogen (secondary N) is 1. The van der Waals surface area contributed by atoms with Crippen molar-refractivity contribution in [1.29, 1.82) is 0 Å². The molecule has 3 aromatic carbocycles. The minimum absolute atomic E-state index is 0.0357. The van der Waals surface area contributed by atoms with Gasteiger partial charge in [-0.25, -0.2) is 8.42 Å². The van der Waals surface area contributed by atoms with Crippen LogP contribution in [0.1, 0.15) is 39.2 Å². The monoisotopic (exact) mass is 581 g/mol. The third-order valence-electron chi connectivity index (χ3n) is 6.49. The number of amides is 2. The molecule has 2 amide bonds. The first-order chi connectivity index (χ1) is 19.8. The summed E-state index contributed by atoms with van der Waals surface area (Å²) in [5, 5.41) is 2.88. The summed E-state index contributed by atoms with van der Waals surface area (Å²) in [6.07, 6.45) is 1.09. The molecule has 0 aliphatic carbocycles. The van der Waals surface area contributed by atoms with Crippen molar-refractivity contribution >= 4 is 27.5 Å². The summed E-state index contributed by atoms with van der Waals surface area (Å²) < 4.78 is 40.1. The Morgan fingerprint density at radius 3 is 2.17 bits per heavy atom. The number of para-hydroxylation sites is 2. The van der Waals surface area contributed by atoms with Gasteiger partial charge in [-0.2, -0.15) is 0 Å². The highest BCUT2D eigenvalue weighted by Gasteiger charge is 2.34. The van der Waals surface area contributed by atoms with Crippen LogP contribution in [-0.4, -0.2) is 58.0 Å². The molecule has 41 heavy (non-hydrogen) atoms. The van der Waals surface area contributed by atoms with Gasteiger partial charge in [-0.1, -0.05) is 56.3 Å². The predicted molar refractivity (Wildman–Crippen MR) is 160 cm³/mol. The molecule has 0 aromatic heterocycles. The summed E-state index contributed by atoms with van der Waals surface area (Å²) >= 11 is 0. The van der Waals surface area contributed by atoms with E-state index in [0.717, 1.165) is 16.3 Å². The first-order valence-electron chi connectivity index (χ1n) is 13.8. The third-order valence-corrected chi connectivity index (χ3v) is 8.26. The van der Waals surface area contributed by atoms with Gasteiger partial charge in [0.25, 0.3) is 10.0 Å². The van der Waals surface area contributed by atoms with Gasteiger partial charge in [-0.3, -0.25) is 13.9 Å². The van der Waals surface area contributed by atoms with E-state index in [1.54, 1.807) is 68.6 Å². The van der Waals surface area contributed by atoms with Crippen LogP contribution in [0.5, 0.6) is 11.5 Å². The zero-order valence-electron chi connectivity index (χ0n) is 24.1. The average molecular weight is 582 g/mol. The molecular formula is C31H39N3O6S. The average Bonchev–Trinajstić information content (AvgIpc) is 2.99. The zero-order chi connectivity index (χ0) is 29.8. The molecule has 0 spiro atoms. The number of hydrogen-bond donors (Lipinski definition) is 1. The van der Waals surface area contributed by atoms with E-state index in [-0.39, 0.29) is 23.0 Å². The lowest BCUT2D eigenvalue weighted by Gasteiger charge is -2.33. The standard InChI is InChI=1S/C31H39N3O6S/c1-5-21-32-31(36)27(6-2)33(22-24-17-19-25(39-4)20-18-24)30(35)23-34(28-15-11-12-16-29(28)40-7-3)41(37,38)26-13-9-8-10-14-26/h8-20,27H,5-7,21-23H2,1-4H3,(H,32,36)/t27-/m1/s1. The zero-order valence-corrected chi connectivity index (χ0v) is 24.9. The first kappa shape index (κ1) is 31.5. The maximum atomic E-state index is 14.2. The van der Waals surface area contributed by atoms with Crippen LogP contribution >= 0.6 is 0 Å². The van der Waals surface area contributed by atoms with Gasteiger partial charge in [0.15, 0.2) is 0 Å². The second kappa shape index (κ2) is 15.1. The topological polar surface area (TPSA) is 105 Å². The van der Waals surface area contributed by atoms with E-state index in [1.807, 2.05) is 26.0 Å². The normalized spacial score (nSPS) is 11.8. The van der Waals surface area contributed by atoms with Crippen LogP contribution in [0.15, 0.2) is 83.8 Å². The van der Waals surface area contributed by atoms with Gasteiger partial charge < -0.3 is 19.7 Å². The van der Waals surface area contributed by atoms with E-state index < -0.39 is 28.5 Å². The van der Waals surface area contributed by atoms with Crippen molar-refractivity contribution in [3.63, 3.8) is 0 Å². The SMILES string of the molecule is CCCNC(=O)[C@@H](CC)N(Cc1ccc(OC)cc1)C(=O)CN(c1ccccc1OCC)S(=O)(=O)c1ccccc1. The summed E-state index contributed by atoms with van der Waals surface area (Å²) in [4.78, 5) is 28.8. The second-order valence-electron chi connectivity index (χ2n) is 9.31. The number of sulfonamides is 1. The first-order valence-corrected chi connectivity index (χ1v) is 15.2. The fourth-order valence-electron chi connectivity index (χ4n) is 4.39. The van der Waals surface area contributed by atoms with Crippen molar-refractivity contribution in [2.45, 2.75) is 51.1 Å². The number of ether oxygens (including phenoxy) is 2. The highest BCUT2D eigenvalue weighted by Crippen LogP contribution is 2.33. The van der Waals surface area contributed by atoms with Crippen LogP contribution in [-0.2, 0) is 26.2 Å². The van der Waals surface area contributed by atoms with Crippen molar-refractivity contribution in [2.75, 3.05) is 31.1 Å². The number of carbonyl (C=O) groups excluding carboxylic acids is 2. The molecule has 3 rings (SSSR count). The molecule has 0 aliphatic rings. The number of benzene rings is 3. The Kier molecular flexibility index (Phi) is 11.6. The molecule has 10 heteroatoms. The molecule has 0 saturated heterocycles. The van der Waals surface area contributed by atoms with Gasteiger partial charge in [0.1, 0.15) is 24.1 Å². The second-order valence-corrected chi connectivity index (χ2v) is 11.2. The maximum absolute atomic E-state index is 14.2. The highest BCUT2D eigenvalue weighted by atomic mass is 32.2. The van der Waals surface area contributed by atoms with E-state index in [9.17, 15) is 18.0 Å². The fourth-order valence-corrected chi connectivity index (χ4v) is 5.83. The summed E-state index contributed by atoms with van der Waals surface area (Å²) in [6, 6.07) is 21.0. The highest BCUT2D eigenvalue weighted by molar-refractivity contribution is 7.92. The number of carbonyl (C=O) groups is 2. The summed E-state index contributed by atoms with van der Waals surface area (Å²) in [5.74, 6) is 0.178. The summed E-state index contributed by atoms with van der Waals surface area (Å²) in [7, 11) is -2.62. The Bertz CT molecular complexity index is 1380. The fraction of sp³-hybridized carbons (Fsp3) is 0.355. The Labute approximate surface area is 243 Å². The molecule has 9 nitrogen and oxygen atoms in total. The molecule has 0 unspecified atom stereocenters. The molecule has 0 fully saturated rings. The summed E-state index contributed by atoms with van der Waals surface area (Å²) in [5.41, 5.74) is 1.01. The van der Waals surface area contributed by atoms with Crippen LogP contribution in [0.4, 0.5) is 5.69 Å². The van der Waals surface area contributed by atoms with Crippen LogP contribution in [0.3, 0.4) is 0 Å². The molecule has 1 atom stereocenters. The third kappa shape index (κ3) is 8.00. The van der Waals surface area contributed by atoms with Crippen molar-refractivity contribution in [1.82, 2.24) is 10.2 Å². The van der Waals surface area contributed by atoms with E-state index in [4.69, 9.17) is 9.47 Å². The van der Waals surface area contributed by atoms with Crippen LogP contribution < -0.4 is 19.1 Å². The van der Waals surface area contributed by atoms with E-state index in [2.05, 4.69) is 5.32 Å². The molecule has 0 bridgehead atoms. The molecule has 0 saturated carbocycles. The van der Waals surface area contributed by atoms with Gasteiger partial charge >= 0.3 is 0 Å². The predicted octanol–water partition coefficient (Wildman–Crippen LogP) is 4.62. The van der Waals surface area contributed by atoms with Gasteiger partial charge in [-0.05, 0) is 61.7 Å². The Morgan fingerprint density at radius 2 is 1.56 bits per heavy atom. The molecule has 0 radical (unpaired) electrons. The van der Waals surface area contributed by atoms with Crippen LogP contribution in [0.25, 0.3) is 0 Å². The number of rotatable bonds is 15. The molecule has 1 N–H and O–H groups in total. The lowest BCUT2D eigenvalue weighted by Crippen LogP contribution is -2.52. The van der Waals surface area contributed by atoms with Gasteiger partial charge in [-0.15, -0.1) is 0 Å². The van der Waals surface area contributed by atoms with E-state index in [0.29, 0.717) is 31.1 Å². The Morgan fingerprint density at radius 1 is 0.902 bits per heavy atom. The molecule has 3 aromatic rings. The number of anilines is 1. The van der Waals surface area contributed by atoms with Gasteiger partial charge in [0, 0.05) is 13.1 Å². The minimum atomic E-state index is -4.18. The maximum Gasteiger partial charge on any atom is 0.264 e.